The second-order valence-electron chi connectivity index (χ2n) is 10.5. The van der Waals surface area contributed by atoms with Gasteiger partial charge < -0.3 is 20.1 Å². The van der Waals surface area contributed by atoms with Gasteiger partial charge >= 0.3 is 24.1 Å². The van der Waals surface area contributed by atoms with Crippen molar-refractivity contribution in [3.05, 3.63) is 66.2 Å². The second-order valence-corrected chi connectivity index (χ2v) is 10.5. The first-order valence-electron chi connectivity index (χ1n) is 12.9. The van der Waals surface area contributed by atoms with E-state index in [1.807, 2.05) is 0 Å². The Morgan fingerprint density at radius 1 is 1.12 bits per heavy atom. The van der Waals surface area contributed by atoms with Crippen LogP contribution in [0.3, 0.4) is 0 Å². The van der Waals surface area contributed by atoms with E-state index in [0.717, 1.165) is 12.1 Å². The molecule has 2 atom stereocenters. The number of hydrogen-bond acceptors (Lipinski definition) is 4. The van der Waals surface area contributed by atoms with E-state index >= 15 is 4.39 Å². The molecule has 41 heavy (non-hydrogen) atoms. The van der Waals surface area contributed by atoms with Crippen molar-refractivity contribution in [3.8, 4) is 0 Å². The van der Waals surface area contributed by atoms with Crippen molar-refractivity contribution in [1.29, 1.82) is 0 Å². The molecule has 2 aliphatic rings. The van der Waals surface area contributed by atoms with E-state index in [0.29, 0.717) is 29.3 Å². The van der Waals surface area contributed by atoms with Crippen LogP contribution in [0, 0.1) is 5.82 Å². The number of fused-ring (bicyclic) bond motifs is 2. The fraction of sp³-hybridized carbons (Fsp3) is 0.333. The highest BCUT2D eigenvalue weighted by Crippen LogP contribution is 2.54. The van der Waals surface area contributed by atoms with E-state index in [2.05, 4.69) is 15.2 Å². The summed E-state index contributed by atoms with van der Waals surface area (Å²) < 4.78 is 73.9. The van der Waals surface area contributed by atoms with Gasteiger partial charge in [-0.05, 0) is 43.2 Å². The van der Waals surface area contributed by atoms with E-state index < -0.39 is 40.5 Å². The summed E-state index contributed by atoms with van der Waals surface area (Å²) in [5.41, 5.74) is 9.43. The van der Waals surface area contributed by atoms with Crippen molar-refractivity contribution in [2.75, 3.05) is 0 Å². The molecule has 1 saturated heterocycles. The van der Waals surface area contributed by atoms with Gasteiger partial charge in [0.1, 0.15) is 17.4 Å². The Bertz CT molecular complexity index is 1680. The zero-order valence-electron chi connectivity index (χ0n) is 21.7. The topological polar surface area (TPSA) is 105 Å². The van der Waals surface area contributed by atoms with Gasteiger partial charge in [-0.15, -0.1) is 8.98 Å². The fourth-order valence-electron chi connectivity index (χ4n) is 6.29. The van der Waals surface area contributed by atoms with Crippen molar-refractivity contribution < 1.29 is 36.4 Å². The molecule has 4 N–H and O–H groups in total. The number of aromatic amines is 1. The van der Waals surface area contributed by atoms with Crippen molar-refractivity contribution in [2.45, 2.75) is 49.9 Å². The molecule has 0 radical (unpaired) electrons. The lowest BCUT2D eigenvalue weighted by Gasteiger charge is -2.46. The fourth-order valence-corrected chi connectivity index (χ4v) is 6.29. The predicted molar refractivity (Wildman–Crippen MR) is 139 cm³/mol. The number of benzene rings is 2. The Morgan fingerprint density at radius 3 is 2.54 bits per heavy atom. The van der Waals surface area contributed by atoms with Gasteiger partial charge in [0.05, 0.1) is 17.1 Å². The molecule has 0 bridgehead atoms. The van der Waals surface area contributed by atoms with E-state index in [9.17, 15) is 27.2 Å². The highest BCUT2D eigenvalue weighted by molar-refractivity contribution is 5.95. The van der Waals surface area contributed by atoms with Crippen LogP contribution in [0.5, 0.6) is 0 Å². The van der Waals surface area contributed by atoms with Crippen LogP contribution in [-0.4, -0.2) is 44.9 Å². The van der Waals surface area contributed by atoms with Gasteiger partial charge in [0, 0.05) is 43.0 Å². The molecular formula is C27H26F5N6O3+. The smallest absolute Gasteiger partial charge is 0.356 e. The Labute approximate surface area is 229 Å². The number of carbonyl (C=O) groups excluding carboxylic acids is 2. The van der Waals surface area contributed by atoms with Gasteiger partial charge in [-0.1, -0.05) is 17.2 Å². The zero-order chi connectivity index (χ0) is 29.3. The Balaban J connectivity index is 1.70. The number of aryl methyl sites for hydroxylation is 1. The number of halogens is 5. The molecule has 216 valence electrons. The number of aromatic nitrogens is 2. The second kappa shape index (κ2) is 9.17. The molecule has 3 heterocycles. The third-order valence-electron chi connectivity index (χ3n) is 8.13. The minimum atomic E-state index is -5.54. The van der Waals surface area contributed by atoms with Crippen LogP contribution in [-0.2, 0) is 22.6 Å². The highest BCUT2D eigenvalue weighted by Gasteiger charge is 2.75. The number of carbonyl (C=O) groups is 2. The van der Waals surface area contributed by atoms with Crippen molar-refractivity contribution in [1.82, 2.24) is 24.6 Å². The highest BCUT2D eigenvalue weighted by atomic mass is 19.4. The number of urea groups is 1. The van der Waals surface area contributed by atoms with E-state index in [-0.39, 0.29) is 40.6 Å². The van der Waals surface area contributed by atoms with E-state index in [1.54, 1.807) is 31.3 Å². The van der Waals surface area contributed by atoms with Crippen LogP contribution in [0.4, 0.5) is 32.4 Å². The van der Waals surface area contributed by atoms with E-state index in [4.69, 9.17) is 5.73 Å². The summed E-state index contributed by atoms with van der Waals surface area (Å²) >= 11 is 0. The molecule has 1 aliphatic heterocycles. The summed E-state index contributed by atoms with van der Waals surface area (Å²) in [4.78, 5) is 33.3. The van der Waals surface area contributed by atoms with Crippen molar-refractivity contribution in [2.24, 2.45) is 12.8 Å². The third-order valence-corrected chi connectivity index (χ3v) is 8.13. The first-order valence-corrected chi connectivity index (χ1v) is 12.9. The number of alkyl halides is 4. The predicted octanol–water partition coefficient (Wildman–Crippen LogP) is 5.12. The van der Waals surface area contributed by atoms with Crippen LogP contribution in [0.2, 0.25) is 0 Å². The largest absolute Gasteiger partial charge is 0.493 e. The number of rotatable bonds is 4. The average Bonchev–Trinajstić information content (AvgIpc) is 3.56. The lowest BCUT2D eigenvalue weighted by atomic mass is 9.88. The number of hydroxylamine groups is 2. The van der Waals surface area contributed by atoms with Crippen LogP contribution in [0.15, 0.2) is 54.9 Å². The van der Waals surface area contributed by atoms with E-state index in [1.165, 1.54) is 23.0 Å². The lowest BCUT2D eigenvalue weighted by Crippen LogP contribution is -2.71. The molecule has 9 nitrogen and oxygen atoms in total. The van der Waals surface area contributed by atoms with Gasteiger partial charge in [0.15, 0.2) is 5.69 Å². The summed E-state index contributed by atoms with van der Waals surface area (Å²) in [7, 11) is 1.55. The molecule has 2 fully saturated rings. The number of quaternary nitrogens is 1. The van der Waals surface area contributed by atoms with Crippen LogP contribution >= 0.6 is 0 Å². The number of amides is 2. The number of H-pyrrole nitrogens is 1. The normalized spacial score (nSPS) is 27.0. The van der Waals surface area contributed by atoms with Gasteiger partial charge in [0.2, 0.25) is 0 Å². The molecule has 2 aromatic heterocycles. The van der Waals surface area contributed by atoms with Gasteiger partial charge in [0.25, 0.3) is 0 Å². The first kappa shape index (κ1) is 27.0. The SMILES string of the molecule is Cn1cc([C@@]2(F)N(OC(=O)C(F)(F)F)C(=O)N[N@@+]2(c2c[nH]c3ccccc23)C2CCC(N)CC2)c2cc(F)ccc21. The number of nitrogens with two attached hydrogens (primary N) is 1. The van der Waals surface area contributed by atoms with Crippen LogP contribution < -0.4 is 15.8 Å². The maximum Gasteiger partial charge on any atom is 0.493 e. The molecule has 0 spiro atoms. The molecule has 1 aliphatic carbocycles. The van der Waals surface area contributed by atoms with Gasteiger partial charge in [-0.3, -0.25) is 0 Å². The molecule has 6 rings (SSSR count). The molecule has 1 saturated carbocycles. The minimum absolute atomic E-state index is 0.0191. The summed E-state index contributed by atoms with van der Waals surface area (Å²) in [6, 6.07) is 8.00. The molecular weight excluding hydrogens is 551 g/mol. The zero-order valence-corrected chi connectivity index (χ0v) is 21.7. The molecule has 2 amide bonds. The lowest BCUT2D eigenvalue weighted by molar-refractivity contribution is -0.281. The molecule has 4 aromatic rings. The number of nitrogens with one attached hydrogen (secondary N) is 2. The maximum absolute atomic E-state index is 18.7. The van der Waals surface area contributed by atoms with Crippen LogP contribution in [0.1, 0.15) is 31.2 Å². The molecule has 2 aromatic carbocycles. The number of para-hydroxylation sites is 1. The molecule has 14 heteroatoms. The van der Waals surface area contributed by atoms with Crippen LogP contribution in [0.25, 0.3) is 21.8 Å². The third kappa shape index (κ3) is 3.88. The Kier molecular flexibility index (Phi) is 6.05. The Morgan fingerprint density at radius 2 is 1.83 bits per heavy atom. The quantitative estimate of drug-likeness (QED) is 0.178. The van der Waals surface area contributed by atoms with Gasteiger partial charge in [-0.2, -0.15) is 18.6 Å². The minimum Gasteiger partial charge on any atom is -0.356 e. The summed E-state index contributed by atoms with van der Waals surface area (Å²) in [5.74, 6) is -6.85. The van der Waals surface area contributed by atoms with Gasteiger partial charge in [-0.25, -0.2) is 14.0 Å². The molecule has 0 unspecified atom stereocenters. The van der Waals surface area contributed by atoms with Crippen molar-refractivity contribution in [3.63, 3.8) is 0 Å². The maximum atomic E-state index is 18.7. The standard InChI is InChI=1S/C27H25F5N6O3/c1-36-14-20(19-12-15(28)6-11-22(19)36)27(32)37(41-24(39)26(29,30)31)25(40)35-38(27,17-9-7-16(33)8-10-17)23-13-34-21-5-3-2-4-18(21)23/h2-6,11-14,16-17,34H,7-10,33H2,1H3/p+1/t16?,17?,27-,38-/m1/s1. The van der Waals surface area contributed by atoms with Crippen molar-refractivity contribution >= 4 is 39.5 Å². The Hall–Kier alpha value is -4.17. The first-order chi connectivity index (χ1) is 19.4. The number of nitrogens with zero attached hydrogens (tertiary/aromatic N) is 3. The average molecular weight is 578 g/mol. The summed E-state index contributed by atoms with van der Waals surface area (Å²) in [6.07, 6.45) is -1.40. The monoisotopic (exact) mass is 577 g/mol. The summed E-state index contributed by atoms with van der Waals surface area (Å²) in [5, 5.41) is 0.258. The summed E-state index contributed by atoms with van der Waals surface area (Å²) in [6.45, 7) is 0. The number of hydrogen-bond donors (Lipinski definition) is 3.